The Bertz CT molecular complexity index is 102. The van der Waals surface area contributed by atoms with Crippen molar-refractivity contribution in [2.75, 3.05) is 13.2 Å². The number of ether oxygens (including phenoxy) is 1. The molecule has 2 atom stereocenters. The summed E-state index contributed by atoms with van der Waals surface area (Å²) in [5.41, 5.74) is 5.87. The zero-order chi connectivity index (χ0) is 4.91. The van der Waals surface area contributed by atoms with Crippen molar-refractivity contribution in [2.45, 2.75) is 12.0 Å². The minimum Gasteiger partial charge on any atom is -0.379 e. The van der Waals surface area contributed by atoms with E-state index in [0.717, 1.165) is 13.2 Å². The third-order valence-corrected chi connectivity index (χ3v) is 1.97. The van der Waals surface area contributed by atoms with Crippen molar-refractivity contribution in [3.63, 3.8) is 0 Å². The molecule has 1 aliphatic carbocycles. The van der Waals surface area contributed by atoms with E-state index in [2.05, 4.69) is 0 Å². The minimum atomic E-state index is 0.139. The number of hydrogen-bond acceptors (Lipinski definition) is 2. The number of hydrogen-bond donors (Lipinski definition) is 1. The van der Waals surface area contributed by atoms with E-state index in [1.807, 2.05) is 0 Å². The van der Waals surface area contributed by atoms with Crippen LogP contribution in [0.1, 0.15) is 6.42 Å². The highest BCUT2D eigenvalue weighted by atomic mass is 16.5. The molecule has 2 aliphatic rings. The Balaban J connectivity index is 2.17. The molecule has 40 valence electrons. The van der Waals surface area contributed by atoms with Gasteiger partial charge in [0.25, 0.3) is 0 Å². The summed E-state index contributed by atoms with van der Waals surface area (Å²) in [6.07, 6.45) is 1.20. The Kier molecular flexibility index (Phi) is 0.474. The van der Waals surface area contributed by atoms with Gasteiger partial charge >= 0.3 is 0 Å². The molecular formula is C5H9NO. The van der Waals surface area contributed by atoms with Gasteiger partial charge in [0.05, 0.1) is 13.2 Å². The maximum Gasteiger partial charge on any atom is 0.0650 e. The van der Waals surface area contributed by atoms with Crippen LogP contribution < -0.4 is 5.73 Å². The Labute approximate surface area is 42.6 Å². The van der Waals surface area contributed by atoms with Gasteiger partial charge in [0, 0.05) is 11.5 Å². The molecule has 0 aromatic carbocycles. The average Bonchev–Trinajstić information content (AvgIpc) is 2.09. The largest absolute Gasteiger partial charge is 0.379 e. The Morgan fingerprint density at radius 2 is 2.57 bits per heavy atom. The topological polar surface area (TPSA) is 35.2 Å². The molecule has 0 spiro atoms. The average molecular weight is 99.1 g/mol. The van der Waals surface area contributed by atoms with Crippen molar-refractivity contribution in [2.24, 2.45) is 11.7 Å². The van der Waals surface area contributed by atoms with Crippen LogP contribution in [0.15, 0.2) is 0 Å². The normalized spacial score (nSPS) is 57.0. The predicted octanol–water partition coefficient (Wildman–Crippen LogP) is -0.266. The van der Waals surface area contributed by atoms with Gasteiger partial charge in [-0.1, -0.05) is 0 Å². The predicted molar refractivity (Wildman–Crippen MR) is 25.8 cm³/mol. The van der Waals surface area contributed by atoms with Crippen molar-refractivity contribution in [3.05, 3.63) is 0 Å². The van der Waals surface area contributed by atoms with Crippen molar-refractivity contribution in [1.82, 2.24) is 0 Å². The molecule has 2 fully saturated rings. The van der Waals surface area contributed by atoms with Crippen LogP contribution in [-0.4, -0.2) is 18.8 Å². The first kappa shape index (κ1) is 3.87. The highest BCUT2D eigenvalue weighted by Gasteiger charge is 2.55. The number of rotatable bonds is 0. The quantitative estimate of drug-likeness (QED) is 0.454. The van der Waals surface area contributed by atoms with E-state index in [4.69, 9.17) is 10.5 Å². The lowest BCUT2D eigenvalue weighted by atomic mass is 10.3. The van der Waals surface area contributed by atoms with E-state index in [-0.39, 0.29) is 5.54 Å². The zero-order valence-corrected chi connectivity index (χ0v) is 4.18. The fourth-order valence-electron chi connectivity index (χ4n) is 1.19. The van der Waals surface area contributed by atoms with Crippen LogP contribution >= 0.6 is 0 Å². The first-order valence-corrected chi connectivity index (χ1v) is 2.68. The van der Waals surface area contributed by atoms with Gasteiger partial charge in [0.1, 0.15) is 0 Å². The highest BCUT2D eigenvalue weighted by Crippen LogP contribution is 2.45. The molecule has 1 saturated carbocycles. The van der Waals surface area contributed by atoms with Crippen molar-refractivity contribution >= 4 is 0 Å². The Morgan fingerprint density at radius 1 is 1.71 bits per heavy atom. The molecule has 2 rings (SSSR count). The molecule has 2 heteroatoms. The van der Waals surface area contributed by atoms with Crippen LogP contribution in [0.25, 0.3) is 0 Å². The summed E-state index contributed by atoms with van der Waals surface area (Å²) >= 11 is 0. The third-order valence-electron chi connectivity index (χ3n) is 1.97. The van der Waals surface area contributed by atoms with Gasteiger partial charge in [-0.2, -0.15) is 0 Å². The first-order valence-electron chi connectivity index (χ1n) is 2.68. The summed E-state index contributed by atoms with van der Waals surface area (Å²) in [5, 5.41) is 0. The van der Waals surface area contributed by atoms with E-state index < -0.39 is 0 Å². The molecule has 1 aliphatic heterocycles. The van der Waals surface area contributed by atoms with Crippen LogP contribution in [0.4, 0.5) is 0 Å². The van der Waals surface area contributed by atoms with Gasteiger partial charge in [0.2, 0.25) is 0 Å². The second-order valence-electron chi connectivity index (χ2n) is 2.65. The second-order valence-corrected chi connectivity index (χ2v) is 2.65. The maximum atomic E-state index is 5.73. The molecule has 7 heavy (non-hydrogen) atoms. The molecule has 1 saturated heterocycles. The molecule has 0 bridgehead atoms. The van der Waals surface area contributed by atoms with Crippen LogP contribution in [-0.2, 0) is 4.74 Å². The maximum absolute atomic E-state index is 5.73. The zero-order valence-electron chi connectivity index (χ0n) is 4.18. The molecule has 0 amide bonds. The number of nitrogens with two attached hydrogens (primary N) is 1. The lowest BCUT2D eigenvalue weighted by Crippen LogP contribution is -2.25. The van der Waals surface area contributed by atoms with E-state index in [1.165, 1.54) is 6.42 Å². The second kappa shape index (κ2) is 0.858. The summed E-state index contributed by atoms with van der Waals surface area (Å²) in [4.78, 5) is 0. The van der Waals surface area contributed by atoms with Crippen molar-refractivity contribution in [1.29, 1.82) is 0 Å². The summed E-state index contributed by atoms with van der Waals surface area (Å²) in [5.74, 6) is 0.715. The SMILES string of the molecule is N[C@@]12COC[C@@H]1C2. The van der Waals surface area contributed by atoms with Crippen LogP contribution in [0.2, 0.25) is 0 Å². The first-order chi connectivity index (χ1) is 3.31. The van der Waals surface area contributed by atoms with Crippen molar-refractivity contribution in [3.8, 4) is 0 Å². The van der Waals surface area contributed by atoms with Gasteiger partial charge in [-0.3, -0.25) is 0 Å². The Morgan fingerprint density at radius 3 is 2.71 bits per heavy atom. The Hall–Kier alpha value is -0.0800. The molecule has 0 aromatic rings. The third kappa shape index (κ3) is 0.359. The summed E-state index contributed by atoms with van der Waals surface area (Å²) in [6.45, 7) is 1.72. The van der Waals surface area contributed by atoms with E-state index >= 15 is 0 Å². The highest BCUT2D eigenvalue weighted by molar-refractivity contribution is 5.11. The molecule has 0 aromatic heterocycles. The minimum absolute atomic E-state index is 0.139. The fourth-order valence-corrected chi connectivity index (χ4v) is 1.19. The number of fused-ring (bicyclic) bond motifs is 1. The monoisotopic (exact) mass is 99.1 g/mol. The smallest absolute Gasteiger partial charge is 0.0650 e. The summed E-state index contributed by atoms with van der Waals surface area (Å²) < 4.78 is 5.08. The van der Waals surface area contributed by atoms with E-state index in [0.29, 0.717) is 5.92 Å². The van der Waals surface area contributed by atoms with Crippen LogP contribution in [0.3, 0.4) is 0 Å². The lowest BCUT2D eigenvalue weighted by molar-refractivity contribution is 0.161. The molecule has 0 radical (unpaired) electrons. The summed E-state index contributed by atoms with van der Waals surface area (Å²) in [7, 11) is 0. The molecule has 2 N–H and O–H groups in total. The standard InChI is InChI=1S/C5H9NO/c6-5-1-4(5)2-7-3-5/h4H,1-3,6H2/t4-,5-/m0/s1. The van der Waals surface area contributed by atoms with Gasteiger partial charge < -0.3 is 10.5 Å². The van der Waals surface area contributed by atoms with Gasteiger partial charge in [-0.25, -0.2) is 0 Å². The van der Waals surface area contributed by atoms with E-state index in [1.54, 1.807) is 0 Å². The molecular weight excluding hydrogens is 90.1 g/mol. The summed E-state index contributed by atoms with van der Waals surface area (Å²) in [6, 6.07) is 0. The van der Waals surface area contributed by atoms with Crippen molar-refractivity contribution < 1.29 is 4.74 Å². The molecule has 2 nitrogen and oxygen atoms in total. The van der Waals surface area contributed by atoms with E-state index in [9.17, 15) is 0 Å². The van der Waals surface area contributed by atoms with Gasteiger partial charge in [0.15, 0.2) is 0 Å². The van der Waals surface area contributed by atoms with Gasteiger partial charge in [-0.15, -0.1) is 0 Å². The van der Waals surface area contributed by atoms with Crippen LogP contribution in [0, 0.1) is 5.92 Å². The molecule has 1 heterocycles. The molecule has 0 unspecified atom stereocenters. The fraction of sp³-hybridized carbons (Fsp3) is 1.00. The van der Waals surface area contributed by atoms with Gasteiger partial charge in [-0.05, 0) is 6.42 Å². The lowest BCUT2D eigenvalue weighted by Gasteiger charge is -1.97. The van der Waals surface area contributed by atoms with Crippen LogP contribution in [0.5, 0.6) is 0 Å².